The number of rotatable bonds is 5. The van der Waals surface area contributed by atoms with Crippen LogP contribution in [-0.4, -0.2) is 19.9 Å². The summed E-state index contributed by atoms with van der Waals surface area (Å²) in [7, 11) is 0. The highest BCUT2D eigenvalue weighted by Crippen LogP contribution is 2.19. The molecule has 0 aliphatic heterocycles. The van der Waals surface area contributed by atoms with Crippen LogP contribution in [0.2, 0.25) is 0 Å². The minimum Gasteiger partial charge on any atom is -0.486 e. The number of benzene rings is 1. The van der Waals surface area contributed by atoms with Crippen LogP contribution < -0.4 is 4.74 Å². The number of ether oxygens (including phenoxy) is 1. The van der Waals surface area contributed by atoms with E-state index in [1.54, 1.807) is 6.92 Å². The van der Waals surface area contributed by atoms with Gasteiger partial charge in [-0.1, -0.05) is 12.1 Å². The fourth-order valence-electron chi connectivity index (χ4n) is 1.82. The Morgan fingerprint density at radius 2 is 2.11 bits per heavy atom. The molecule has 2 rings (SSSR count). The highest BCUT2D eigenvalue weighted by atomic mass is 16.5. The lowest BCUT2D eigenvalue weighted by Crippen LogP contribution is -2.10. The van der Waals surface area contributed by atoms with Crippen molar-refractivity contribution < 1.29 is 9.84 Å². The molecule has 1 aromatic carbocycles. The normalized spacial score (nSPS) is 12.7. The first kappa shape index (κ1) is 13.5. The van der Waals surface area contributed by atoms with Crippen LogP contribution in [0.4, 0.5) is 0 Å². The third kappa shape index (κ3) is 3.32. The average Bonchev–Trinajstić information content (AvgIpc) is 2.85. The van der Waals surface area contributed by atoms with Crippen LogP contribution in [0, 0.1) is 0 Å². The molecule has 0 amide bonds. The molecule has 0 aliphatic rings. The van der Waals surface area contributed by atoms with Crippen molar-refractivity contribution in [1.82, 2.24) is 14.8 Å². The lowest BCUT2D eigenvalue weighted by Gasteiger charge is -2.11. The van der Waals surface area contributed by atoms with Gasteiger partial charge in [0.1, 0.15) is 18.7 Å². The summed E-state index contributed by atoms with van der Waals surface area (Å²) in [6.45, 7) is 6.19. The first-order valence-electron chi connectivity index (χ1n) is 6.37. The van der Waals surface area contributed by atoms with Crippen molar-refractivity contribution in [2.45, 2.75) is 39.5 Å². The predicted molar refractivity (Wildman–Crippen MR) is 71.8 cm³/mol. The number of hydrogen-bond donors (Lipinski definition) is 1. The van der Waals surface area contributed by atoms with Crippen molar-refractivity contribution in [2.24, 2.45) is 0 Å². The second-order valence-corrected chi connectivity index (χ2v) is 4.75. The Bertz CT molecular complexity index is 535. The summed E-state index contributed by atoms with van der Waals surface area (Å²) < 4.78 is 7.53. The van der Waals surface area contributed by atoms with E-state index in [4.69, 9.17) is 4.74 Å². The molecule has 0 spiro atoms. The van der Waals surface area contributed by atoms with E-state index in [0.29, 0.717) is 6.61 Å². The molecule has 0 unspecified atom stereocenters. The Labute approximate surface area is 112 Å². The number of nitrogens with zero attached hydrogens (tertiary/aromatic N) is 3. The topological polar surface area (TPSA) is 60.2 Å². The zero-order valence-electron chi connectivity index (χ0n) is 11.4. The quantitative estimate of drug-likeness (QED) is 0.898. The van der Waals surface area contributed by atoms with E-state index in [9.17, 15) is 5.11 Å². The maximum atomic E-state index is 9.54. The molecule has 5 heteroatoms. The minimum absolute atomic E-state index is 0.255. The van der Waals surface area contributed by atoms with Crippen molar-refractivity contribution in [3.63, 3.8) is 0 Å². The van der Waals surface area contributed by atoms with Gasteiger partial charge in [0, 0.05) is 6.04 Å². The molecule has 1 heterocycles. The predicted octanol–water partition coefficient (Wildman–Crippen LogP) is 2.49. The Balaban J connectivity index is 2.06. The van der Waals surface area contributed by atoms with Gasteiger partial charge in [0.2, 0.25) is 0 Å². The third-order valence-corrected chi connectivity index (χ3v) is 2.84. The van der Waals surface area contributed by atoms with Crippen LogP contribution in [-0.2, 0) is 6.61 Å². The van der Waals surface area contributed by atoms with E-state index in [1.807, 2.05) is 42.8 Å². The molecule has 102 valence electrons. The fraction of sp³-hybridized carbons (Fsp3) is 0.429. The fourth-order valence-corrected chi connectivity index (χ4v) is 1.82. The summed E-state index contributed by atoms with van der Waals surface area (Å²) in [5, 5.41) is 13.7. The smallest absolute Gasteiger partial charge is 0.165 e. The van der Waals surface area contributed by atoms with Crippen LogP contribution >= 0.6 is 0 Å². The van der Waals surface area contributed by atoms with E-state index in [2.05, 4.69) is 10.1 Å². The van der Waals surface area contributed by atoms with Crippen molar-refractivity contribution >= 4 is 0 Å². The highest BCUT2D eigenvalue weighted by molar-refractivity contribution is 5.29. The molecule has 0 bridgehead atoms. The second kappa shape index (κ2) is 5.84. The molecule has 1 aromatic heterocycles. The van der Waals surface area contributed by atoms with Crippen molar-refractivity contribution in [3.8, 4) is 5.75 Å². The molecular formula is C14H19N3O2. The molecule has 1 N–H and O–H groups in total. The Kier molecular flexibility index (Phi) is 4.16. The van der Waals surface area contributed by atoms with Gasteiger partial charge in [-0.15, -0.1) is 0 Å². The number of hydrogen-bond acceptors (Lipinski definition) is 4. The summed E-state index contributed by atoms with van der Waals surface area (Å²) in [4.78, 5) is 4.19. The van der Waals surface area contributed by atoms with E-state index in [1.165, 1.54) is 6.33 Å². The molecule has 0 fully saturated rings. The van der Waals surface area contributed by atoms with Gasteiger partial charge in [0.05, 0.1) is 6.10 Å². The molecular weight excluding hydrogens is 242 g/mol. The van der Waals surface area contributed by atoms with Crippen LogP contribution in [0.5, 0.6) is 5.75 Å². The lowest BCUT2D eigenvalue weighted by molar-refractivity contribution is 0.198. The van der Waals surface area contributed by atoms with E-state index in [-0.39, 0.29) is 6.04 Å². The largest absolute Gasteiger partial charge is 0.486 e. The molecule has 1 atom stereocenters. The monoisotopic (exact) mass is 261 g/mol. The standard InChI is InChI=1S/C14H19N3O2/c1-10(2)17-14(15-9-16-17)8-19-13-6-4-5-12(7-13)11(3)18/h4-7,9-11,18H,8H2,1-3H3/t11-/m0/s1. The molecule has 0 saturated heterocycles. The summed E-state index contributed by atoms with van der Waals surface area (Å²) in [5.74, 6) is 1.51. The molecule has 0 saturated carbocycles. The molecule has 0 aliphatic carbocycles. The van der Waals surface area contributed by atoms with Crippen LogP contribution in [0.3, 0.4) is 0 Å². The maximum Gasteiger partial charge on any atom is 0.165 e. The molecule has 0 radical (unpaired) electrons. The van der Waals surface area contributed by atoms with Gasteiger partial charge in [-0.2, -0.15) is 5.10 Å². The van der Waals surface area contributed by atoms with Crippen molar-refractivity contribution in [2.75, 3.05) is 0 Å². The van der Waals surface area contributed by atoms with E-state index >= 15 is 0 Å². The summed E-state index contributed by atoms with van der Waals surface area (Å²) in [5.41, 5.74) is 0.836. The van der Waals surface area contributed by atoms with Crippen molar-refractivity contribution in [3.05, 3.63) is 42.0 Å². The second-order valence-electron chi connectivity index (χ2n) is 4.75. The van der Waals surface area contributed by atoms with Gasteiger partial charge >= 0.3 is 0 Å². The van der Waals surface area contributed by atoms with Gasteiger partial charge in [-0.25, -0.2) is 9.67 Å². The van der Waals surface area contributed by atoms with Gasteiger partial charge in [0.25, 0.3) is 0 Å². The average molecular weight is 261 g/mol. The zero-order valence-corrected chi connectivity index (χ0v) is 11.4. The zero-order chi connectivity index (χ0) is 13.8. The maximum absolute atomic E-state index is 9.54. The lowest BCUT2D eigenvalue weighted by atomic mass is 10.1. The molecule has 19 heavy (non-hydrogen) atoms. The van der Waals surface area contributed by atoms with E-state index < -0.39 is 6.10 Å². The number of aromatic nitrogens is 3. The SMILES string of the molecule is CC(C)n1ncnc1COc1cccc([C@H](C)O)c1. The Hall–Kier alpha value is -1.88. The van der Waals surface area contributed by atoms with E-state index in [0.717, 1.165) is 17.1 Å². The first-order chi connectivity index (χ1) is 9.08. The summed E-state index contributed by atoms with van der Waals surface area (Å²) in [6, 6.07) is 7.69. The van der Waals surface area contributed by atoms with Gasteiger partial charge in [-0.3, -0.25) is 0 Å². The minimum atomic E-state index is -0.497. The Morgan fingerprint density at radius 1 is 1.32 bits per heavy atom. The summed E-state index contributed by atoms with van der Waals surface area (Å²) in [6.07, 6.45) is 1.04. The number of aliphatic hydroxyl groups excluding tert-OH is 1. The third-order valence-electron chi connectivity index (χ3n) is 2.84. The first-order valence-corrected chi connectivity index (χ1v) is 6.37. The van der Waals surface area contributed by atoms with Gasteiger partial charge in [0.15, 0.2) is 5.82 Å². The van der Waals surface area contributed by atoms with Gasteiger partial charge in [-0.05, 0) is 38.5 Å². The summed E-state index contributed by atoms with van der Waals surface area (Å²) >= 11 is 0. The Morgan fingerprint density at radius 3 is 2.79 bits per heavy atom. The molecule has 5 nitrogen and oxygen atoms in total. The number of aliphatic hydroxyl groups is 1. The highest BCUT2D eigenvalue weighted by Gasteiger charge is 2.08. The molecule has 2 aromatic rings. The van der Waals surface area contributed by atoms with Gasteiger partial charge < -0.3 is 9.84 Å². The van der Waals surface area contributed by atoms with Crippen LogP contribution in [0.25, 0.3) is 0 Å². The van der Waals surface area contributed by atoms with Crippen LogP contribution in [0.15, 0.2) is 30.6 Å². The van der Waals surface area contributed by atoms with Crippen LogP contribution in [0.1, 0.15) is 44.3 Å². The van der Waals surface area contributed by atoms with Crippen molar-refractivity contribution in [1.29, 1.82) is 0 Å².